The molecule has 0 bridgehead atoms. The zero-order valence-electron chi connectivity index (χ0n) is 6.82. The van der Waals surface area contributed by atoms with Gasteiger partial charge in [-0.25, -0.2) is 0 Å². The van der Waals surface area contributed by atoms with E-state index in [1.807, 2.05) is 0 Å². The monoisotopic (exact) mass is 188 g/mol. The van der Waals surface area contributed by atoms with E-state index in [4.69, 9.17) is 9.47 Å². The molecule has 0 saturated carbocycles. The maximum absolute atomic E-state index is 10.7. The van der Waals surface area contributed by atoms with Crippen LogP contribution in [0.25, 0.3) is 0 Å². The van der Waals surface area contributed by atoms with Crippen molar-refractivity contribution < 1.29 is 14.3 Å². The van der Waals surface area contributed by atoms with Gasteiger partial charge in [0.25, 0.3) is 0 Å². The van der Waals surface area contributed by atoms with Crippen LogP contribution in [0.15, 0.2) is 0 Å². The Morgan fingerprint density at radius 1 is 1.42 bits per heavy atom. The average Bonchev–Trinajstić information content (AvgIpc) is 2.55. The second-order valence-electron chi connectivity index (χ2n) is 3.08. The predicted molar refractivity (Wildman–Crippen MR) is 46.1 cm³/mol. The van der Waals surface area contributed by atoms with Crippen molar-refractivity contribution in [3.05, 3.63) is 0 Å². The summed E-state index contributed by atoms with van der Waals surface area (Å²) in [6, 6.07) is 0. The van der Waals surface area contributed by atoms with E-state index in [9.17, 15) is 4.79 Å². The second kappa shape index (κ2) is 3.36. The number of thioether (sulfide) groups is 1. The van der Waals surface area contributed by atoms with E-state index >= 15 is 0 Å². The molecule has 0 amide bonds. The fourth-order valence-corrected chi connectivity index (χ4v) is 2.89. The van der Waals surface area contributed by atoms with Crippen molar-refractivity contribution in [2.24, 2.45) is 5.92 Å². The van der Waals surface area contributed by atoms with Gasteiger partial charge in [0.05, 0.1) is 19.1 Å². The SMILES string of the molecule is O=C[C@@H]1CSCCC12OCCO2. The molecule has 2 aliphatic rings. The maximum atomic E-state index is 10.7. The van der Waals surface area contributed by atoms with Crippen LogP contribution in [0.4, 0.5) is 0 Å². The molecule has 68 valence electrons. The summed E-state index contributed by atoms with van der Waals surface area (Å²) in [5.74, 6) is 1.25. The van der Waals surface area contributed by atoms with Crippen LogP contribution in [-0.4, -0.2) is 36.8 Å². The predicted octanol–water partition coefficient (Wildman–Crippen LogP) is 0.681. The number of aldehydes is 1. The molecule has 12 heavy (non-hydrogen) atoms. The normalized spacial score (nSPS) is 33.8. The minimum absolute atomic E-state index is 0.0706. The average molecular weight is 188 g/mol. The zero-order chi connectivity index (χ0) is 8.44. The lowest BCUT2D eigenvalue weighted by Crippen LogP contribution is -2.44. The lowest BCUT2D eigenvalue weighted by molar-refractivity contribution is -0.190. The molecule has 1 spiro atoms. The van der Waals surface area contributed by atoms with E-state index in [0.29, 0.717) is 13.2 Å². The van der Waals surface area contributed by atoms with Gasteiger partial charge in [-0.05, 0) is 5.75 Å². The summed E-state index contributed by atoms with van der Waals surface area (Å²) in [4.78, 5) is 10.7. The Balaban J connectivity index is 2.12. The van der Waals surface area contributed by atoms with Crippen LogP contribution in [0.3, 0.4) is 0 Å². The van der Waals surface area contributed by atoms with Crippen LogP contribution in [0.1, 0.15) is 6.42 Å². The molecule has 0 aromatic rings. The first-order valence-corrected chi connectivity index (χ1v) is 5.34. The van der Waals surface area contributed by atoms with Crippen LogP contribution >= 0.6 is 11.8 Å². The van der Waals surface area contributed by atoms with Crippen molar-refractivity contribution in [1.29, 1.82) is 0 Å². The number of carbonyl (C=O) groups is 1. The number of hydrogen-bond donors (Lipinski definition) is 0. The molecule has 0 unspecified atom stereocenters. The Morgan fingerprint density at radius 3 is 2.83 bits per heavy atom. The molecule has 2 saturated heterocycles. The minimum Gasteiger partial charge on any atom is -0.347 e. The molecule has 0 aromatic carbocycles. The fourth-order valence-electron chi connectivity index (χ4n) is 1.71. The third kappa shape index (κ3) is 1.28. The lowest BCUT2D eigenvalue weighted by Gasteiger charge is -2.35. The topological polar surface area (TPSA) is 35.5 Å². The molecule has 0 radical (unpaired) electrons. The van der Waals surface area contributed by atoms with Gasteiger partial charge in [-0.1, -0.05) is 0 Å². The van der Waals surface area contributed by atoms with E-state index in [2.05, 4.69) is 0 Å². The van der Waals surface area contributed by atoms with Gasteiger partial charge in [0, 0.05) is 12.2 Å². The number of hydrogen-bond acceptors (Lipinski definition) is 4. The van der Waals surface area contributed by atoms with E-state index < -0.39 is 5.79 Å². The zero-order valence-corrected chi connectivity index (χ0v) is 7.64. The molecule has 2 aliphatic heterocycles. The van der Waals surface area contributed by atoms with Crippen molar-refractivity contribution >= 4 is 18.0 Å². The standard InChI is InChI=1S/C8H12O3S/c9-5-7-6-12-4-1-8(7)10-2-3-11-8/h5,7H,1-4,6H2/t7-/m1/s1. The Labute approximate surface area is 75.8 Å². The molecule has 3 nitrogen and oxygen atoms in total. The molecule has 2 fully saturated rings. The van der Waals surface area contributed by atoms with Crippen molar-refractivity contribution in [3.63, 3.8) is 0 Å². The van der Waals surface area contributed by atoms with Crippen LogP contribution in [0.5, 0.6) is 0 Å². The summed E-state index contributed by atoms with van der Waals surface area (Å²) in [6.07, 6.45) is 1.82. The lowest BCUT2D eigenvalue weighted by atomic mass is 9.99. The fraction of sp³-hybridized carbons (Fsp3) is 0.875. The summed E-state index contributed by atoms with van der Waals surface area (Å²) in [5.41, 5.74) is 0. The van der Waals surface area contributed by atoms with Gasteiger partial charge < -0.3 is 14.3 Å². The first-order chi connectivity index (χ1) is 5.87. The first kappa shape index (κ1) is 8.53. The second-order valence-corrected chi connectivity index (χ2v) is 4.23. The van der Waals surface area contributed by atoms with Crippen LogP contribution < -0.4 is 0 Å². The molecular formula is C8H12O3S. The van der Waals surface area contributed by atoms with E-state index in [1.165, 1.54) is 0 Å². The van der Waals surface area contributed by atoms with Crippen LogP contribution in [-0.2, 0) is 14.3 Å². The molecule has 0 aliphatic carbocycles. The number of rotatable bonds is 1. The third-order valence-corrected chi connectivity index (χ3v) is 3.49. The quantitative estimate of drug-likeness (QED) is 0.567. The number of carbonyl (C=O) groups excluding carboxylic acids is 1. The van der Waals surface area contributed by atoms with Crippen LogP contribution in [0.2, 0.25) is 0 Å². The Kier molecular flexibility index (Phi) is 2.39. The summed E-state index contributed by atoms with van der Waals surface area (Å²) >= 11 is 1.80. The van der Waals surface area contributed by atoms with E-state index in [1.54, 1.807) is 11.8 Å². The highest BCUT2D eigenvalue weighted by Crippen LogP contribution is 2.37. The van der Waals surface area contributed by atoms with Gasteiger partial charge in [0.1, 0.15) is 6.29 Å². The van der Waals surface area contributed by atoms with E-state index in [0.717, 1.165) is 24.2 Å². The summed E-state index contributed by atoms with van der Waals surface area (Å²) in [7, 11) is 0. The largest absolute Gasteiger partial charge is 0.347 e. The molecule has 0 aromatic heterocycles. The van der Waals surface area contributed by atoms with Gasteiger partial charge in [0.15, 0.2) is 5.79 Å². The van der Waals surface area contributed by atoms with Crippen molar-refractivity contribution in [2.45, 2.75) is 12.2 Å². The highest BCUT2D eigenvalue weighted by molar-refractivity contribution is 7.99. The van der Waals surface area contributed by atoms with Crippen LogP contribution in [0, 0.1) is 5.92 Å². The Hall–Kier alpha value is -0.0600. The smallest absolute Gasteiger partial charge is 0.179 e. The van der Waals surface area contributed by atoms with Gasteiger partial charge in [0.2, 0.25) is 0 Å². The summed E-state index contributed by atoms with van der Waals surface area (Å²) in [6.45, 7) is 1.27. The Morgan fingerprint density at radius 2 is 2.17 bits per heavy atom. The summed E-state index contributed by atoms with van der Waals surface area (Å²) < 4.78 is 11.0. The molecule has 2 heterocycles. The van der Waals surface area contributed by atoms with Gasteiger partial charge in [-0.15, -0.1) is 0 Å². The van der Waals surface area contributed by atoms with Gasteiger partial charge in [-0.2, -0.15) is 11.8 Å². The third-order valence-electron chi connectivity index (χ3n) is 2.40. The number of ether oxygens (including phenoxy) is 2. The van der Waals surface area contributed by atoms with Crippen molar-refractivity contribution in [3.8, 4) is 0 Å². The first-order valence-electron chi connectivity index (χ1n) is 4.18. The minimum atomic E-state index is -0.549. The van der Waals surface area contributed by atoms with Gasteiger partial charge in [-0.3, -0.25) is 0 Å². The highest BCUT2D eigenvalue weighted by atomic mass is 32.2. The van der Waals surface area contributed by atoms with E-state index in [-0.39, 0.29) is 5.92 Å². The molecule has 0 N–H and O–H groups in total. The van der Waals surface area contributed by atoms with Crippen molar-refractivity contribution in [2.75, 3.05) is 24.7 Å². The highest BCUT2D eigenvalue weighted by Gasteiger charge is 2.46. The molecule has 1 atom stereocenters. The molecule has 2 rings (SSSR count). The van der Waals surface area contributed by atoms with Crippen molar-refractivity contribution in [1.82, 2.24) is 0 Å². The Bertz CT molecular complexity index is 177. The summed E-state index contributed by atoms with van der Waals surface area (Å²) in [5, 5.41) is 0. The van der Waals surface area contributed by atoms with Gasteiger partial charge >= 0.3 is 0 Å². The maximum Gasteiger partial charge on any atom is 0.179 e. The molecular weight excluding hydrogens is 176 g/mol. The molecule has 4 heteroatoms.